The largest absolute Gasteiger partial charge is 0.385 e. The number of rotatable bonds is 7. The van der Waals surface area contributed by atoms with Crippen molar-refractivity contribution in [2.24, 2.45) is 5.73 Å². The number of ether oxygens (including phenoxy) is 1. The summed E-state index contributed by atoms with van der Waals surface area (Å²) in [7, 11) is 3.44. The standard InChI is InChI=1S/C12H20N2O2S/c1-14(9-10-5-4-8-17-10)12(15)11(13)6-3-7-16-2/h4-5,8,11H,3,6-7,9,13H2,1-2H3. The van der Waals surface area contributed by atoms with Gasteiger partial charge in [0.05, 0.1) is 12.6 Å². The van der Waals surface area contributed by atoms with Crippen molar-refractivity contribution in [2.75, 3.05) is 20.8 Å². The quantitative estimate of drug-likeness (QED) is 0.751. The summed E-state index contributed by atoms with van der Waals surface area (Å²) in [5.41, 5.74) is 5.84. The van der Waals surface area contributed by atoms with Gasteiger partial charge in [-0.05, 0) is 24.3 Å². The molecule has 1 heterocycles. The van der Waals surface area contributed by atoms with Gasteiger partial charge in [0, 0.05) is 25.6 Å². The summed E-state index contributed by atoms with van der Waals surface area (Å²) in [6, 6.07) is 3.58. The van der Waals surface area contributed by atoms with Crippen LogP contribution in [-0.4, -0.2) is 37.6 Å². The number of thiophene rings is 1. The lowest BCUT2D eigenvalue weighted by molar-refractivity contribution is -0.132. The van der Waals surface area contributed by atoms with Gasteiger partial charge < -0.3 is 15.4 Å². The van der Waals surface area contributed by atoms with Gasteiger partial charge in [0.15, 0.2) is 0 Å². The molecule has 0 saturated carbocycles. The first-order chi connectivity index (χ1) is 8.15. The first-order valence-electron chi connectivity index (χ1n) is 5.67. The third-order valence-electron chi connectivity index (χ3n) is 2.53. The molecule has 0 aliphatic heterocycles. The summed E-state index contributed by atoms with van der Waals surface area (Å²) < 4.78 is 4.94. The highest BCUT2D eigenvalue weighted by Gasteiger charge is 2.17. The van der Waals surface area contributed by atoms with Crippen LogP contribution in [0.5, 0.6) is 0 Å². The fourth-order valence-corrected chi connectivity index (χ4v) is 2.33. The molecule has 0 aromatic carbocycles. The van der Waals surface area contributed by atoms with E-state index in [-0.39, 0.29) is 5.91 Å². The minimum absolute atomic E-state index is 0.00509. The Hall–Kier alpha value is -0.910. The minimum atomic E-state index is -0.421. The molecule has 1 unspecified atom stereocenters. The molecular formula is C12H20N2O2S. The lowest BCUT2D eigenvalue weighted by Crippen LogP contribution is -2.41. The number of carbonyl (C=O) groups is 1. The Morgan fingerprint density at radius 2 is 2.41 bits per heavy atom. The van der Waals surface area contributed by atoms with Gasteiger partial charge >= 0.3 is 0 Å². The Balaban J connectivity index is 2.35. The average Bonchev–Trinajstić information content (AvgIpc) is 2.81. The first-order valence-corrected chi connectivity index (χ1v) is 6.55. The smallest absolute Gasteiger partial charge is 0.239 e. The second-order valence-corrected chi connectivity index (χ2v) is 5.05. The fourth-order valence-electron chi connectivity index (χ4n) is 1.57. The van der Waals surface area contributed by atoms with Crippen molar-refractivity contribution in [1.29, 1.82) is 0 Å². The van der Waals surface area contributed by atoms with Crippen molar-refractivity contribution in [2.45, 2.75) is 25.4 Å². The van der Waals surface area contributed by atoms with Crippen molar-refractivity contribution in [1.82, 2.24) is 4.90 Å². The molecule has 1 aromatic heterocycles. The van der Waals surface area contributed by atoms with E-state index >= 15 is 0 Å². The molecule has 1 aromatic rings. The van der Waals surface area contributed by atoms with Crippen molar-refractivity contribution in [3.05, 3.63) is 22.4 Å². The lowest BCUT2D eigenvalue weighted by atomic mass is 10.1. The van der Waals surface area contributed by atoms with Crippen LogP contribution in [0.15, 0.2) is 17.5 Å². The zero-order chi connectivity index (χ0) is 12.7. The van der Waals surface area contributed by atoms with E-state index in [4.69, 9.17) is 10.5 Å². The van der Waals surface area contributed by atoms with E-state index in [2.05, 4.69) is 0 Å². The molecule has 1 atom stereocenters. The van der Waals surface area contributed by atoms with E-state index in [1.54, 1.807) is 30.4 Å². The lowest BCUT2D eigenvalue weighted by Gasteiger charge is -2.20. The molecule has 0 aliphatic carbocycles. The molecule has 4 nitrogen and oxygen atoms in total. The van der Waals surface area contributed by atoms with E-state index in [1.807, 2.05) is 17.5 Å². The number of amides is 1. The summed E-state index contributed by atoms with van der Waals surface area (Å²) >= 11 is 1.65. The zero-order valence-corrected chi connectivity index (χ0v) is 11.2. The van der Waals surface area contributed by atoms with E-state index in [0.717, 1.165) is 6.42 Å². The fraction of sp³-hybridized carbons (Fsp3) is 0.583. The predicted molar refractivity (Wildman–Crippen MR) is 69.9 cm³/mol. The van der Waals surface area contributed by atoms with Gasteiger partial charge in [0.2, 0.25) is 5.91 Å². The Morgan fingerprint density at radius 1 is 1.65 bits per heavy atom. The Morgan fingerprint density at radius 3 is 3.00 bits per heavy atom. The van der Waals surface area contributed by atoms with Crippen LogP contribution in [0.25, 0.3) is 0 Å². The van der Waals surface area contributed by atoms with Gasteiger partial charge in [-0.3, -0.25) is 4.79 Å². The summed E-state index contributed by atoms with van der Waals surface area (Å²) in [5.74, 6) is -0.00509. The molecule has 96 valence electrons. The second kappa shape index (κ2) is 7.42. The van der Waals surface area contributed by atoms with Gasteiger partial charge in [-0.25, -0.2) is 0 Å². The molecule has 0 radical (unpaired) electrons. The second-order valence-electron chi connectivity index (χ2n) is 4.02. The van der Waals surface area contributed by atoms with Gasteiger partial charge in [0.1, 0.15) is 0 Å². The highest BCUT2D eigenvalue weighted by Crippen LogP contribution is 2.11. The van der Waals surface area contributed by atoms with Gasteiger partial charge in [-0.1, -0.05) is 6.07 Å². The molecule has 2 N–H and O–H groups in total. The number of likely N-dealkylation sites (N-methyl/N-ethyl adjacent to an activating group) is 1. The van der Waals surface area contributed by atoms with E-state index in [1.165, 1.54) is 4.88 Å². The van der Waals surface area contributed by atoms with Crippen LogP contribution >= 0.6 is 11.3 Å². The SMILES string of the molecule is COCCCC(N)C(=O)N(C)Cc1cccs1. The number of hydrogen-bond acceptors (Lipinski definition) is 4. The monoisotopic (exact) mass is 256 g/mol. The van der Waals surface area contributed by atoms with Crippen LogP contribution in [0.3, 0.4) is 0 Å². The van der Waals surface area contributed by atoms with Crippen molar-refractivity contribution in [3.63, 3.8) is 0 Å². The number of carbonyl (C=O) groups excluding carboxylic acids is 1. The predicted octanol–water partition coefficient (Wildman–Crippen LogP) is 1.46. The van der Waals surface area contributed by atoms with E-state index in [9.17, 15) is 4.79 Å². The first kappa shape index (κ1) is 14.2. The molecule has 1 amide bonds. The minimum Gasteiger partial charge on any atom is -0.385 e. The maximum absolute atomic E-state index is 11.9. The summed E-state index contributed by atoms with van der Waals surface area (Å²) in [6.45, 7) is 1.28. The number of nitrogens with two attached hydrogens (primary N) is 1. The highest BCUT2D eigenvalue weighted by atomic mass is 32.1. The van der Waals surface area contributed by atoms with Crippen molar-refractivity contribution >= 4 is 17.2 Å². The summed E-state index contributed by atoms with van der Waals surface area (Å²) in [5, 5.41) is 2.01. The maximum Gasteiger partial charge on any atom is 0.239 e. The number of nitrogens with zero attached hydrogens (tertiary/aromatic N) is 1. The molecule has 0 aliphatic rings. The Bertz CT molecular complexity index is 327. The molecule has 5 heteroatoms. The normalized spacial score (nSPS) is 12.4. The van der Waals surface area contributed by atoms with Gasteiger partial charge in [-0.15, -0.1) is 11.3 Å². The Kier molecular flexibility index (Phi) is 6.18. The van der Waals surface area contributed by atoms with Gasteiger partial charge in [-0.2, -0.15) is 0 Å². The zero-order valence-electron chi connectivity index (χ0n) is 10.4. The highest BCUT2D eigenvalue weighted by molar-refractivity contribution is 7.09. The summed E-state index contributed by atoms with van der Waals surface area (Å²) in [6.07, 6.45) is 1.48. The average molecular weight is 256 g/mol. The Labute approximate surface area is 106 Å². The van der Waals surface area contributed by atoms with E-state index in [0.29, 0.717) is 19.6 Å². The third-order valence-corrected chi connectivity index (χ3v) is 3.39. The van der Waals surface area contributed by atoms with Crippen LogP contribution in [0.4, 0.5) is 0 Å². The molecule has 0 saturated heterocycles. The maximum atomic E-state index is 11.9. The van der Waals surface area contributed by atoms with Crippen LogP contribution in [0.1, 0.15) is 17.7 Å². The number of hydrogen-bond donors (Lipinski definition) is 1. The third kappa shape index (κ3) is 4.85. The molecular weight excluding hydrogens is 236 g/mol. The van der Waals surface area contributed by atoms with Crippen LogP contribution in [-0.2, 0) is 16.1 Å². The van der Waals surface area contributed by atoms with Crippen LogP contribution < -0.4 is 5.73 Å². The van der Waals surface area contributed by atoms with Crippen LogP contribution in [0.2, 0.25) is 0 Å². The molecule has 17 heavy (non-hydrogen) atoms. The van der Waals surface area contributed by atoms with Crippen molar-refractivity contribution < 1.29 is 9.53 Å². The number of methoxy groups -OCH3 is 1. The van der Waals surface area contributed by atoms with Crippen LogP contribution in [0, 0.1) is 0 Å². The van der Waals surface area contributed by atoms with Crippen molar-refractivity contribution in [3.8, 4) is 0 Å². The summed E-state index contributed by atoms with van der Waals surface area (Å²) in [4.78, 5) is 14.8. The molecule has 1 rings (SSSR count). The molecule has 0 fully saturated rings. The molecule has 0 spiro atoms. The van der Waals surface area contributed by atoms with Gasteiger partial charge in [0.25, 0.3) is 0 Å². The van der Waals surface area contributed by atoms with E-state index < -0.39 is 6.04 Å². The molecule has 0 bridgehead atoms. The topological polar surface area (TPSA) is 55.6 Å².